The monoisotopic (exact) mass is 642 g/mol. The number of carbonyl (C=O) groups is 2. The highest BCUT2D eigenvalue weighted by molar-refractivity contribution is 7.89. The van der Waals surface area contributed by atoms with E-state index in [9.17, 15) is 18.0 Å². The zero-order valence-corrected chi connectivity index (χ0v) is 27.2. The van der Waals surface area contributed by atoms with E-state index in [0.717, 1.165) is 47.8 Å². The summed E-state index contributed by atoms with van der Waals surface area (Å²) in [6.07, 6.45) is 4.03. The van der Waals surface area contributed by atoms with Crippen LogP contribution in [0.2, 0.25) is 0 Å². The molecular weight excluding hydrogens is 605 g/mol. The van der Waals surface area contributed by atoms with Crippen molar-refractivity contribution in [2.24, 2.45) is 5.92 Å². The van der Waals surface area contributed by atoms with E-state index < -0.39 is 15.9 Å². The Balaban J connectivity index is 1.32. The average molecular weight is 643 g/mol. The topological polar surface area (TPSA) is 83.5 Å². The molecule has 0 bridgehead atoms. The number of carbonyl (C=O) groups excluding carboxylic acids is 2. The van der Waals surface area contributed by atoms with Crippen molar-refractivity contribution in [3.8, 4) is 11.1 Å². The molecule has 238 valence electrons. The molecule has 0 saturated heterocycles. The summed E-state index contributed by atoms with van der Waals surface area (Å²) in [7, 11) is -3.69. The number of benzene rings is 5. The molecule has 0 unspecified atom stereocenters. The van der Waals surface area contributed by atoms with Crippen LogP contribution in [0.4, 0.5) is 0 Å². The number of hydrogen-bond acceptors (Lipinski definition) is 4. The molecule has 1 N–H and O–H groups in total. The number of rotatable bonds is 10. The molecule has 2 amide bonds. The fraction of sp³-hybridized carbons (Fsp3) is 0.200. The lowest BCUT2D eigenvalue weighted by atomic mass is 9.76. The predicted octanol–water partition coefficient (Wildman–Crippen LogP) is 7.16. The van der Waals surface area contributed by atoms with Gasteiger partial charge in [0.2, 0.25) is 15.9 Å². The van der Waals surface area contributed by atoms with Gasteiger partial charge in [-0.15, -0.1) is 0 Å². The summed E-state index contributed by atoms with van der Waals surface area (Å²) >= 11 is 0. The van der Waals surface area contributed by atoms with Crippen molar-refractivity contribution in [3.63, 3.8) is 0 Å². The van der Waals surface area contributed by atoms with E-state index >= 15 is 0 Å². The first-order valence-corrected chi connectivity index (χ1v) is 17.8. The van der Waals surface area contributed by atoms with Gasteiger partial charge in [-0.3, -0.25) is 9.59 Å². The maximum absolute atomic E-state index is 14.6. The van der Waals surface area contributed by atoms with Crippen LogP contribution in [0.25, 0.3) is 11.1 Å². The SMILES string of the molecule is CS(=O)(=O)NC(=O)c1cccc(-c2cccc(CC(=O)N(Cc3ccccc3)[C@@H]3c4ccccc4CC[C@H]3Cc3ccccc3)c2)c1. The van der Waals surface area contributed by atoms with Crippen molar-refractivity contribution in [1.82, 2.24) is 9.62 Å². The van der Waals surface area contributed by atoms with Gasteiger partial charge in [0.25, 0.3) is 5.91 Å². The molecule has 1 aliphatic carbocycles. The van der Waals surface area contributed by atoms with Crippen LogP contribution in [0.3, 0.4) is 0 Å². The molecule has 6 nitrogen and oxygen atoms in total. The molecule has 7 heteroatoms. The molecule has 0 radical (unpaired) electrons. The number of aryl methyl sites for hydroxylation is 1. The van der Waals surface area contributed by atoms with Crippen molar-refractivity contribution in [3.05, 3.63) is 167 Å². The number of nitrogens with zero attached hydrogens (tertiary/aromatic N) is 1. The summed E-state index contributed by atoms with van der Waals surface area (Å²) < 4.78 is 25.3. The Morgan fingerprint density at radius 2 is 1.34 bits per heavy atom. The van der Waals surface area contributed by atoms with E-state index in [1.165, 1.54) is 16.7 Å². The quantitative estimate of drug-likeness (QED) is 0.175. The molecule has 0 fully saturated rings. The van der Waals surface area contributed by atoms with Crippen molar-refractivity contribution in [2.75, 3.05) is 6.26 Å². The average Bonchev–Trinajstić information content (AvgIpc) is 3.08. The smallest absolute Gasteiger partial charge is 0.264 e. The van der Waals surface area contributed by atoms with Crippen LogP contribution in [-0.4, -0.2) is 31.4 Å². The van der Waals surface area contributed by atoms with Gasteiger partial charge in [-0.05, 0) is 76.3 Å². The minimum atomic E-state index is -3.69. The lowest BCUT2D eigenvalue weighted by Crippen LogP contribution is -2.41. The largest absolute Gasteiger partial charge is 0.331 e. The Morgan fingerprint density at radius 3 is 2.06 bits per heavy atom. The van der Waals surface area contributed by atoms with Crippen LogP contribution < -0.4 is 4.72 Å². The molecule has 5 aromatic carbocycles. The van der Waals surface area contributed by atoms with Gasteiger partial charge in [-0.1, -0.05) is 121 Å². The normalized spacial score (nSPS) is 15.8. The summed E-state index contributed by atoms with van der Waals surface area (Å²) in [6.45, 7) is 0.501. The summed E-state index contributed by atoms with van der Waals surface area (Å²) in [5.41, 5.74) is 7.57. The van der Waals surface area contributed by atoms with Gasteiger partial charge in [0.15, 0.2) is 0 Å². The lowest BCUT2D eigenvalue weighted by Gasteiger charge is -2.42. The Morgan fingerprint density at radius 1 is 0.723 bits per heavy atom. The molecule has 6 rings (SSSR count). The van der Waals surface area contributed by atoms with Crippen LogP contribution in [0, 0.1) is 5.92 Å². The standard InChI is InChI=1S/C40H38N2O4S/c1-47(45,46)41-40(44)36-20-11-19-34(27-36)33-18-10-16-31(25-33)26-38(43)42(28-30-14-6-3-7-15-30)39-35(24-29-12-4-2-5-13-29)23-22-32-17-8-9-21-37(32)39/h2-21,25,27,35,39H,22-24,26,28H2,1H3,(H,41,44)/t35-,39-/m0/s1. The van der Waals surface area contributed by atoms with Crippen LogP contribution in [-0.2, 0) is 40.6 Å². The Kier molecular flexibility index (Phi) is 9.64. The first-order chi connectivity index (χ1) is 22.7. The highest BCUT2D eigenvalue weighted by Crippen LogP contribution is 2.41. The third kappa shape index (κ3) is 8.05. The Bertz CT molecular complexity index is 1980. The van der Waals surface area contributed by atoms with E-state index in [4.69, 9.17) is 0 Å². The van der Waals surface area contributed by atoms with Crippen LogP contribution >= 0.6 is 0 Å². The molecule has 2 atom stereocenters. The number of fused-ring (bicyclic) bond motifs is 1. The maximum atomic E-state index is 14.6. The molecule has 0 aliphatic heterocycles. The lowest BCUT2D eigenvalue weighted by molar-refractivity contribution is -0.135. The Hall–Kier alpha value is -5.01. The molecule has 0 heterocycles. The number of amides is 2. The highest BCUT2D eigenvalue weighted by atomic mass is 32.2. The van der Waals surface area contributed by atoms with Gasteiger partial charge in [-0.2, -0.15) is 0 Å². The molecule has 0 saturated carbocycles. The van der Waals surface area contributed by atoms with E-state index in [0.29, 0.717) is 6.54 Å². The summed E-state index contributed by atoms with van der Waals surface area (Å²) in [5, 5.41) is 0. The summed E-state index contributed by atoms with van der Waals surface area (Å²) in [5.74, 6) is -0.380. The number of nitrogens with one attached hydrogen (secondary N) is 1. The highest BCUT2D eigenvalue weighted by Gasteiger charge is 2.36. The second kappa shape index (κ2) is 14.2. The van der Waals surface area contributed by atoms with Crippen LogP contribution in [0.5, 0.6) is 0 Å². The van der Waals surface area contributed by atoms with E-state index in [-0.39, 0.29) is 29.9 Å². The number of sulfonamides is 1. The van der Waals surface area contributed by atoms with E-state index in [2.05, 4.69) is 65.6 Å². The number of hydrogen-bond donors (Lipinski definition) is 1. The third-order valence-electron chi connectivity index (χ3n) is 8.82. The zero-order chi connectivity index (χ0) is 32.8. The molecule has 0 spiro atoms. The predicted molar refractivity (Wildman–Crippen MR) is 186 cm³/mol. The summed E-state index contributed by atoms with van der Waals surface area (Å²) in [4.78, 5) is 29.2. The fourth-order valence-corrected chi connectivity index (χ4v) is 7.14. The minimum Gasteiger partial charge on any atom is -0.331 e. The van der Waals surface area contributed by atoms with Crippen molar-refractivity contribution >= 4 is 21.8 Å². The first-order valence-electron chi connectivity index (χ1n) is 15.9. The Labute approximate surface area is 277 Å². The van der Waals surface area contributed by atoms with Gasteiger partial charge in [-0.25, -0.2) is 13.1 Å². The zero-order valence-electron chi connectivity index (χ0n) is 26.4. The van der Waals surface area contributed by atoms with E-state index in [1.54, 1.807) is 18.2 Å². The maximum Gasteiger partial charge on any atom is 0.264 e. The molecule has 0 aromatic heterocycles. The van der Waals surface area contributed by atoms with Crippen molar-refractivity contribution < 1.29 is 18.0 Å². The first kappa shape index (κ1) is 32.0. The van der Waals surface area contributed by atoms with Crippen molar-refractivity contribution in [2.45, 2.75) is 38.3 Å². The van der Waals surface area contributed by atoms with E-state index in [1.807, 2.05) is 59.3 Å². The summed E-state index contributed by atoms with van der Waals surface area (Å²) in [6, 6.07) is 43.8. The second-order valence-corrected chi connectivity index (χ2v) is 14.0. The fourth-order valence-electron chi connectivity index (χ4n) is 6.68. The van der Waals surface area contributed by atoms with Gasteiger partial charge in [0, 0.05) is 12.1 Å². The van der Waals surface area contributed by atoms with Crippen LogP contribution in [0.15, 0.2) is 133 Å². The third-order valence-corrected chi connectivity index (χ3v) is 9.37. The second-order valence-electron chi connectivity index (χ2n) is 12.3. The molecular formula is C40H38N2O4S. The van der Waals surface area contributed by atoms with Crippen molar-refractivity contribution in [1.29, 1.82) is 0 Å². The minimum absolute atomic E-state index is 0.0482. The van der Waals surface area contributed by atoms with Gasteiger partial charge < -0.3 is 4.90 Å². The molecule has 1 aliphatic rings. The van der Waals surface area contributed by atoms with Crippen LogP contribution in [0.1, 0.15) is 50.6 Å². The van der Waals surface area contributed by atoms with Gasteiger partial charge >= 0.3 is 0 Å². The molecule has 5 aromatic rings. The van der Waals surface area contributed by atoms with Gasteiger partial charge in [0.05, 0.1) is 18.7 Å². The van der Waals surface area contributed by atoms with Gasteiger partial charge in [0.1, 0.15) is 0 Å². The molecule has 47 heavy (non-hydrogen) atoms.